The largest absolute Gasteiger partial charge is 0.480 e. The van der Waals surface area contributed by atoms with Crippen LogP contribution in [0.4, 0.5) is 0 Å². The third kappa shape index (κ3) is 3.74. The fourth-order valence-corrected chi connectivity index (χ4v) is 1.11. The molecule has 0 saturated heterocycles. The molecule has 0 spiro atoms. The van der Waals surface area contributed by atoms with Crippen LogP contribution >= 0.6 is 0 Å². The van der Waals surface area contributed by atoms with Gasteiger partial charge in [-0.1, -0.05) is 13.3 Å². The number of carbonyl (C=O) groups is 2. The van der Waals surface area contributed by atoms with Crippen LogP contribution in [0.25, 0.3) is 0 Å². The number of nitrogens with one attached hydrogen (secondary N) is 1. The van der Waals surface area contributed by atoms with E-state index in [1.165, 1.54) is 7.11 Å². The Hall–Kier alpha value is -1.10. The van der Waals surface area contributed by atoms with Crippen LogP contribution in [0, 0.1) is 0 Å². The number of carboxylic acids is 1. The molecule has 0 fully saturated rings. The van der Waals surface area contributed by atoms with Crippen molar-refractivity contribution < 1.29 is 19.4 Å². The van der Waals surface area contributed by atoms with Crippen molar-refractivity contribution in [3.8, 4) is 0 Å². The molecule has 0 heterocycles. The SMILES string of the molecule is CCCC(C)(NCC(=O)OC)C(=O)O. The summed E-state index contributed by atoms with van der Waals surface area (Å²) in [4.78, 5) is 21.7. The topological polar surface area (TPSA) is 75.6 Å². The summed E-state index contributed by atoms with van der Waals surface area (Å²) in [5.41, 5.74) is -1.05. The molecule has 1 atom stereocenters. The van der Waals surface area contributed by atoms with E-state index in [0.29, 0.717) is 6.42 Å². The maximum Gasteiger partial charge on any atom is 0.323 e. The van der Waals surface area contributed by atoms with Gasteiger partial charge < -0.3 is 9.84 Å². The maximum absolute atomic E-state index is 10.9. The minimum atomic E-state index is -1.05. The fourth-order valence-electron chi connectivity index (χ4n) is 1.11. The Morgan fingerprint density at radius 3 is 2.43 bits per heavy atom. The fraction of sp³-hybridized carbons (Fsp3) is 0.778. The maximum atomic E-state index is 10.9. The van der Waals surface area contributed by atoms with E-state index in [1.54, 1.807) is 6.92 Å². The highest BCUT2D eigenvalue weighted by atomic mass is 16.5. The first-order valence-electron chi connectivity index (χ1n) is 4.51. The lowest BCUT2D eigenvalue weighted by atomic mass is 9.96. The molecule has 0 saturated carbocycles. The van der Waals surface area contributed by atoms with Crippen molar-refractivity contribution in [2.75, 3.05) is 13.7 Å². The number of hydrogen-bond donors (Lipinski definition) is 2. The third-order valence-corrected chi connectivity index (χ3v) is 2.07. The Labute approximate surface area is 83.4 Å². The predicted molar refractivity (Wildman–Crippen MR) is 51.0 cm³/mol. The van der Waals surface area contributed by atoms with E-state index >= 15 is 0 Å². The first kappa shape index (κ1) is 12.9. The van der Waals surface area contributed by atoms with Crippen molar-refractivity contribution in [1.82, 2.24) is 5.32 Å². The Balaban J connectivity index is 4.23. The second kappa shape index (κ2) is 5.59. The summed E-state index contributed by atoms with van der Waals surface area (Å²) in [6, 6.07) is 0. The smallest absolute Gasteiger partial charge is 0.323 e. The highest BCUT2D eigenvalue weighted by Gasteiger charge is 2.31. The molecular weight excluding hydrogens is 186 g/mol. The van der Waals surface area contributed by atoms with Gasteiger partial charge in [-0.3, -0.25) is 14.9 Å². The zero-order chi connectivity index (χ0) is 11.2. The summed E-state index contributed by atoms with van der Waals surface area (Å²) in [7, 11) is 1.27. The summed E-state index contributed by atoms with van der Waals surface area (Å²) in [6.45, 7) is 3.36. The van der Waals surface area contributed by atoms with E-state index < -0.39 is 17.5 Å². The molecule has 1 unspecified atom stereocenters. The van der Waals surface area contributed by atoms with E-state index in [4.69, 9.17) is 5.11 Å². The second-order valence-corrected chi connectivity index (χ2v) is 3.32. The van der Waals surface area contributed by atoms with Crippen LogP contribution in [0.15, 0.2) is 0 Å². The number of carbonyl (C=O) groups excluding carboxylic acids is 1. The van der Waals surface area contributed by atoms with Crippen molar-refractivity contribution in [2.24, 2.45) is 0 Å². The molecular formula is C9H17NO4. The van der Waals surface area contributed by atoms with Gasteiger partial charge >= 0.3 is 11.9 Å². The van der Waals surface area contributed by atoms with Gasteiger partial charge in [0, 0.05) is 0 Å². The first-order valence-corrected chi connectivity index (χ1v) is 4.51. The van der Waals surface area contributed by atoms with Gasteiger partial charge in [-0.25, -0.2) is 0 Å². The van der Waals surface area contributed by atoms with Crippen molar-refractivity contribution >= 4 is 11.9 Å². The summed E-state index contributed by atoms with van der Waals surface area (Å²) in [5, 5.41) is 11.6. The van der Waals surface area contributed by atoms with Crippen molar-refractivity contribution in [3.05, 3.63) is 0 Å². The van der Waals surface area contributed by atoms with Crippen molar-refractivity contribution in [1.29, 1.82) is 0 Å². The Kier molecular flexibility index (Phi) is 5.15. The Morgan fingerprint density at radius 2 is 2.07 bits per heavy atom. The average Bonchev–Trinajstić information content (AvgIpc) is 2.14. The molecule has 0 aliphatic carbocycles. The summed E-state index contributed by atoms with van der Waals surface area (Å²) < 4.78 is 4.41. The van der Waals surface area contributed by atoms with Crippen LogP contribution in [-0.2, 0) is 14.3 Å². The number of rotatable bonds is 6. The summed E-state index contributed by atoms with van der Waals surface area (Å²) in [6.07, 6.45) is 1.20. The molecule has 0 aromatic rings. The van der Waals surface area contributed by atoms with Gasteiger partial charge in [0.05, 0.1) is 13.7 Å². The Bertz CT molecular complexity index is 217. The molecule has 0 rings (SSSR count). The van der Waals surface area contributed by atoms with E-state index in [9.17, 15) is 9.59 Å². The van der Waals surface area contributed by atoms with E-state index in [0.717, 1.165) is 6.42 Å². The molecule has 0 aromatic heterocycles. The van der Waals surface area contributed by atoms with Crippen LogP contribution in [0.3, 0.4) is 0 Å². The Morgan fingerprint density at radius 1 is 1.50 bits per heavy atom. The number of methoxy groups -OCH3 is 1. The van der Waals surface area contributed by atoms with Crippen molar-refractivity contribution in [2.45, 2.75) is 32.2 Å². The molecule has 5 heteroatoms. The molecule has 0 amide bonds. The lowest BCUT2D eigenvalue weighted by molar-refractivity contribution is -0.146. The van der Waals surface area contributed by atoms with Gasteiger partial charge in [0.25, 0.3) is 0 Å². The van der Waals surface area contributed by atoms with Gasteiger partial charge in [-0.05, 0) is 13.3 Å². The average molecular weight is 203 g/mol. The predicted octanol–water partition coefficient (Wildman–Crippen LogP) is 0.392. The van der Waals surface area contributed by atoms with Gasteiger partial charge in [0.15, 0.2) is 0 Å². The van der Waals surface area contributed by atoms with Gasteiger partial charge in [-0.2, -0.15) is 0 Å². The number of aliphatic carboxylic acids is 1. The van der Waals surface area contributed by atoms with Gasteiger partial charge in [-0.15, -0.1) is 0 Å². The van der Waals surface area contributed by atoms with Crippen LogP contribution in [0.1, 0.15) is 26.7 Å². The molecule has 0 aliphatic heterocycles. The molecule has 0 radical (unpaired) electrons. The van der Waals surface area contributed by atoms with Gasteiger partial charge in [0.2, 0.25) is 0 Å². The molecule has 14 heavy (non-hydrogen) atoms. The molecule has 0 bridgehead atoms. The normalized spacial score (nSPS) is 14.5. The summed E-state index contributed by atoms with van der Waals surface area (Å²) >= 11 is 0. The van der Waals surface area contributed by atoms with Crippen LogP contribution < -0.4 is 5.32 Å². The van der Waals surface area contributed by atoms with Crippen molar-refractivity contribution in [3.63, 3.8) is 0 Å². The summed E-state index contributed by atoms with van der Waals surface area (Å²) in [5.74, 6) is -1.42. The van der Waals surface area contributed by atoms with Crippen LogP contribution in [-0.4, -0.2) is 36.2 Å². The van der Waals surface area contributed by atoms with E-state index in [1.807, 2.05) is 6.92 Å². The lowest BCUT2D eigenvalue weighted by Crippen LogP contribution is -2.51. The quantitative estimate of drug-likeness (QED) is 0.611. The minimum absolute atomic E-state index is 0.0840. The van der Waals surface area contributed by atoms with Crippen LogP contribution in [0.5, 0.6) is 0 Å². The zero-order valence-corrected chi connectivity index (χ0v) is 8.79. The molecule has 0 aromatic carbocycles. The molecule has 82 valence electrons. The first-order chi connectivity index (χ1) is 6.46. The minimum Gasteiger partial charge on any atom is -0.480 e. The lowest BCUT2D eigenvalue weighted by Gasteiger charge is -2.25. The highest BCUT2D eigenvalue weighted by Crippen LogP contribution is 2.11. The van der Waals surface area contributed by atoms with Gasteiger partial charge in [0.1, 0.15) is 5.54 Å². The van der Waals surface area contributed by atoms with E-state index in [2.05, 4.69) is 10.1 Å². The molecule has 2 N–H and O–H groups in total. The van der Waals surface area contributed by atoms with E-state index in [-0.39, 0.29) is 6.54 Å². The number of carboxylic acid groups (broad SMARTS) is 1. The van der Waals surface area contributed by atoms with Crippen LogP contribution in [0.2, 0.25) is 0 Å². The number of ether oxygens (including phenoxy) is 1. The highest BCUT2D eigenvalue weighted by molar-refractivity contribution is 5.79. The monoisotopic (exact) mass is 203 g/mol. The number of hydrogen-bond acceptors (Lipinski definition) is 4. The number of esters is 1. The zero-order valence-electron chi connectivity index (χ0n) is 8.79. The second-order valence-electron chi connectivity index (χ2n) is 3.32. The third-order valence-electron chi connectivity index (χ3n) is 2.07. The standard InChI is InChI=1S/C9H17NO4/c1-4-5-9(2,8(12)13)10-6-7(11)14-3/h10H,4-6H2,1-3H3,(H,12,13). The molecule has 0 aliphatic rings. The molecule has 5 nitrogen and oxygen atoms in total.